The van der Waals surface area contributed by atoms with Gasteiger partial charge >= 0.3 is 12.5 Å². The number of fused-ring (bicyclic) bond motifs is 1. The number of imidazole rings is 1. The van der Waals surface area contributed by atoms with Crippen LogP contribution in [0.3, 0.4) is 0 Å². The monoisotopic (exact) mass is 379 g/mol. The van der Waals surface area contributed by atoms with Gasteiger partial charge in [-0.2, -0.15) is 13.2 Å². The predicted octanol–water partition coefficient (Wildman–Crippen LogP) is 4.67. The molecule has 0 radical (unpaired) electrons. The molecule has 0 atom stereocenters. The number of rotatable bonds is 5. The van der Waals surface area contributed by atoms with Crippen molar-refractivity contribution in [3.63, 3.8) is 0 Å². The highest BCUT2D eigenvalue weighted by molar-refractivity contribution is 5.81. The molecule has 0 unspecified atom stereocenters. The summed E-state index contributed by atoms with van der Waals surface area (Å²) in [5.74, 6) is 2.02. The van der Waals surface area contributed by atoms with Crippen LogP contribution in [0, 0.1) is 12.3 Å². The number of anilines is 1. The first-order valence-electron chi connectivity index (χ1n) is 7.39. The first-order chi connectivity index (χ1) is 11.8. The molecule has 10 heteroatoms. The summed E-state index contributed by atoms with van der Waals surface area (Å²) < 4.78 is 79.4. The number of halogens is 6. The van der Waals surface area contributed by atoms with E-state index >= 15 is 0 Å². The van der Waals surface area contributed by atoms with E-state index in [0.717, 1.165) is 12.1 Å². The zero-order valence-electron chi connectivity index (χ0n) is 13.8. The maximum absolute atomic E-state index is 12.4. The quantitative estimate of drug-likeness (QED) is 0.606. The van der Waals surface area contributed by atoms with Gasteiger partial charge in [-0.3, -0.25) is 4.57 Å². The summed E-state index contributed by atoms with van der Waals surface area (Å²) in [6.45, 7) is 2.80. The number of hydrogen-bond donors (Lipinski definition) is 1. The molecule has 0 saturated heterocycles. The average molecular weight is 379 g/mol. The molecule has 1 aromatic heterocycles. The van der Waals surface area contributed by atoms with E-state index in [4.69, 9.17) is 6.42 Å². The van der Waals surface area contributed by atoms with Crippen molar-refractivity contribution in [3.05, 3.63) is 18.2 Å². The molecular weight excluding hydrogens is 364 g/mol. The summed E-state index contributed by atoms with van der Waals surface area (Å²) in [4.78, 5) is 4.08. The van der Waals surface area contributed by atoms with Crippen LogP contribution in [0.4, 0.5) is 32.3 Å². The molecule has 142 valence electrons. The molecule has 1 N–H and O–H groups in total. The molecule has 4 nitrogen and oxygen atoms in total. The normalized spacial score (nSPS) is 12.9. The zero-order chi connectivity index (χ0) is 19.8. The summed E-state index contributed by atoms with van der Waals surface area (Å²) >= 11 is 0. The largest absolute Gasteiger partial charge is 0.573 e. The second-order valence-electron chi connectivity index (χ2n) is 5.96. The second kappa shape index (κ2) is 6.63. The Kier molecular flexibility index (Phi) is 5.03. The number of nitrogens with one attached hydrogen (secondary N) is 1. The minimum Gasteiger partial charge on any atom is -0.406 e. The van der Waals surface area contributed by atoms with Crippen LogP contribution < -0.4 is 10.1 Å². The van der Waals surface area contributed by atoms with Crippen molar-refractivity contribution >= 4 is 17.0 Å². The van der Waals surface area contributed by atoms with Crippen molar-refractivity contribution < 1.29 is 31.1 Å². The molecule has 0 aliphatic carbocycles. The Hall–Kier alpha value is -2.57. The highest BCUT2D eigenvalue weighted by atomic mass is 19.4. The zero-order valence-corrected chi connectivity index (χ0v) is 13.8. The number of benzene rings is 1. The minimum atomic E-state index is -4.87. The lowest BCUT2D eigenvalue weighted by atomic mass is 10.1. The molecular formula is C16H15F6N3O. The Morgan fingerprint density at radius 2 is 1.85 bits per heavy atom. The molecule has 26 heavy (non-hydrogen) atoms. The lowest BCUT2D eigenvalue weighted by Gasteiger charge is -2.24. The maximum Gasteiger partial charge on any atom is 0.573 e. The molecule has 0 aliphatic rings. The molecule has 1 heterocycles. The fourth-order valence-corrected chi connectivity index (χ4v) is 2.32. The van der Waals surface area contributed by atoms with Gasteiger partial charge in [0.1, 0.15) is 11.3 Å². The fraction of sp³-hybridized carbons (Fsp3) is 0.438. The first-order valence-corrected chi connectivity index (χ1v) is 7.39. The third-order valence-corrected chi connectivity index (χ3v) is 3.46. The fourth-order valence-electron chi connectivity index (χ4n) is 2.32. The standard InChI is InChI=1S/C16H15F6N3O/c1-4-14(2,3)25-12-6-5-10(26-16(20,21)22)9-11(12)24-13(25)23-8-7-15(17,18)19/h1,5-6,9H,7-8H2,2-3H3,(H,23,24). The third kappa shape index (κ3) is 4.74. The molecule has 1 aromatic carbocycles. The van der Waals surface area contributed by atoms with Crippen molar-refractivity contribution in [1.29, 1.82) is 0 Å². The topological polar surface area (TPSA) is 39.1 Å². The van der Waals surface area contributed by atoms with Crippen molar-refractivity contribution in [2.45, 2.75) is 38.3 Å². The van der Waals surface area contributed by atoms with Crippen molar-refractivity contribution in [3.8, 4) is 18.1 Å². The second-order valence-corrected chi connectivity index (χ2v) is 5.96. The van der Waals surface area contributed by atoms with Crippen LogP contribution in [0.2, 0.25) is 0 Å². The highest BCUT2D eigenvalue weighted by Crippen LogP contribution is 2.32. The third-order valence-electron chi connectivity index (χ3n) is 3.46. The number of aromatic nitrogens is 2. The summed E-state index contributed by atoms with van der Waals surface area (Å²) in [5.41, 5.74) is -0.525. The van der Waals surface area contributed by atoms with Crippen LogP contribution in [0.25, 0.3) is 11.0 Å². The first kappa shape index (κ1) is 19.8. The van der Waals surface area contributed by atoms with Gasteiger partial charge in [-0.1, -0.05) is 5.92 Å². The van der Waals surface area contributed by atoms with Gasteiger partial charge in [0.05, 0.1) is 17.5 Å². The van der Waals surface area contributed by atoms with E-state index in [1.165, 1.54) is 10.6 Å². The Morgan fingerprint density at radius 3 is 2.38 bits per heavy atom. The van der Waals surface area contributed by atoms with Crippen molar-refractivity contribution in [2.24, 2.45) is 0 Å². The number of hydrogen-bond acceptors (Lipinski definition) is 3. The number of alkyl halides is 6. The van der Waals surface area contributed by atoms with E-state index < -0.39 is 36.8 Å². The predicted molar refractivity (Wildman–Crippen MR) is 83.7 cm³/mol. The van der Waals surface area contributed by atoms with Crippen LogP contribution >= 0.6 is 0 Å². The van der Waals surface area contributed by atoms with Crippen molar-refractivity contribution in [2.75, 3.05) is 11.9 Å². The smallest absolute Gasteiger partial charge is 0.406 e. The molecule has 2 rings (SSSR count). The van der Waals surface area contributed by atoms with Crippen LogP contribution in [0.5, 0.6) is 5.75 Å². The summed E-state index contributed by atoms with van der Waals surface area (Å²) in [7, 11) is 0. The summed E-state index contributed by atoms with van der Waals surface area (Å²) in [6, 6.07) is 3.44. The molecule has 0 fully saturated rings. The Labute approximate surface area is 145 Å². The van der Waals surface area contributed by atoms with Gasteiger partial charge in [0.2, 0.25) is 5.95 Å². The number of ether oxygens (including phenoxy) is 1. The molecule has 0 saturated carbocycles. The van der Waals surface area contributed by atoms with E-state index in [1.807, 2.05) is 0 Å². The van der Waals surface area contributed by atoms with Gasteiger partial charge in [0, 0.05) is 12.6 Å². The van der Waals surface area contributed by atoms with E-state index in [1.54, 1.807) is 13.8 Å². The van der Waals surface area contributed by atoms with Crippen LogP contribution in [-0.2, 0) is 5.54 Å². The van der Waals surface area contributed by atoms with E-state index in [0.29, 0.717) is 5.52 Å². The van der Waals surface area contributed by atoms with Crippen LogP contribution in [0.15, 0.2) is 18.2 Å². The van der Waals surface area contributed by atoms with E-state index in [9.17, 15) is 26.3 Å². The molecule has 0 spiro atoms. The van der Waals surface area contributed by atoms with E-state index in [-0.39, 0.29) is 11.5 Å². The molecule has 0 amide bonds. The average Bonchev–Trinajstić information content (AvgIpc) is 2.82. The van der Waals surface area contributed by atoms with Gasteiger partial charge in [-0.05, 0) is 26.0 Å². The van der Waals surface area contributed by atoms with Crippen molar-refractivity contribution in [1.82, 2.24) is 9.55 Å². The van der Waals surface area contributed by atoms with Gasteiger partial charge in [0.25, 0.3) is 0 Å². The molecule has 2 aromatic rings. The molecule has 0 bridgehead atoms. The Bertz CT molecular complexity index is 829. The van der Waals surface area contributed by atoms with Gasteiger partial charge in [0.15, 0.2) is 0 Å². The molecule has 0 aliphatic heterocycles. The van der Waals surface area contributed by atoms with Crippen LogP contribution in [-0.4, -0.2) is 28.6 Å². The van der Waals surface area contributed by atoms with Crippen LogP contribution in [0.1, 0.15) is 20.3 Å². The lowest BCUT2D eigenvalue weighted by Crippen LogP contribution is -2.26. The highest BCUT2D eigenvalue weighted by Gasteiger charge is 2.32. The Morgan fingerprint density at radius 1 is 1.19 bits per heavy atom. The summed E-state index contributed by atoms with van der Waals surface area (Å²) in [6.07, 6.45) is -4.85. The lowest BCUT2D eigenvalue weighted by molar-refractivity contribution is -0.274. The van der Waals surface area contributed by atoms with E-state index in [2.05, 4.69) is 21.0 Å². The van der Waals surface area contributed by atoms with Gasteiger partial charge in [-0.25, -0.2) is 4.98 Å². The number of nitrogens with zero attached hydrogens (tertiary/aromatic N) is 2. The van der Waals surface area contributed by atoms with Gasteiger partial charge in [-0.15, -0.1) is 19.6 Å². The summed E-state index contributed by atoms with van der Waals surface area (Å²) in [5, 5.41) is 2.54. The SMILES string of the molecule is C#CC(C)(C)n1c(NCCC(F)(F)F)nc2cc(OC(F)(F)F)ccc21. The van der Waals surface area contributed by atoms with Gasteiger partial charge < -0.3 is 10.1 Å². The maximum atomic E-state index is 12.4. The minimum absolute atomic E-state index is 0.0244. The Balaban J connectivity index is 2.45. The number of terminal acetylenes is 1.